The first kappa shape index (κ1) is 11.9. The molecule has 1 heterocycles. The minimum absolute atomic E-state index is 0.103. The molecule has 1 saturated heterocycles. The normalized spacial score (nSPS) is 19.5. The van der Waals surface area contributed by atoms with Gasteiger partial charge >= 0.3 is 0 Å². The van der Waals surface area contributed by atoms with Gasteiger partial charge in [0.15, 0.2) is 0 Å². The second-order valence-corrected chi connectivity index (χ2v) is 4.39. The molecule has 0 spiro atoms. The van der Waals surface area contributed by atoms with E-state index in [4.69, 9.17) is 11.6 Å². The first-order chi connectivity index (χ1) is 8.09. The van der Waals surface area contributed by atoms with Crippen molar-refractivity contribution >= 4 is 29.1 Å². The summed E-state index contributed by atoms with van der Waals surface area (Å²) in [6.07, 6.45) is 0.615. The van der Waals surface area contributed by atoms with Crippen LogP contribution in [0.15, 0.2) is 24.3 Å². The van der Waals surface area contributed by atoms with Gasteiger partial charge in [0, 0.05) is 13.5 Å². The molecule has 4 nitrogen and oxygen atoms in total. The standard InChI is InChI=1S/C12H13ClN2O2/c1-8(16)14-10-6-7-15(12(10)17)11-5-3-2-4-9(11)13/h2-5,10H,6-7H2,1H3,(H,14,16). The maximum Gasteiger partial charge on any atom is 0.249 e. The highest BCUT2D eigenvalue weighted by Gasteiger charge is 2.33. The molecule has 0 bridgehead atoms. The highest BCUT2D eigenvalue weighted by molar-refractivity contribution is 6.34. The van der Waals surface area contributed by atoms with Gasteiger partial charge < -0.3 is 10.2 Å². The number of hydrogen-bond donors (Lipinski definition) is 1. The monoisotopic (exact) mass is 252 g/mol. The Morgan fingerprint density at radius 3 is 2.82 bits per heavy atom. The highest BCUT2D eigenvalue weighted by atomic mass is 35.5. The number of hydrogen-bond acceptors (Lipinski definition) is 2. The van der Waals surface area contributed by atoms with Crippen LogP contribution in [0.5, 0.6) is 0 Å². The highest BCUT2D eigenvalue weighted by Crippen LogP contribution is 2.28. The van der Waals surface area contributed by atoms with Crippen LogP contribution in [0.3, 0.4) is 0 Å². The molecular formula is C12H13ClN2O2. The maximum absolute atomic E-state index is 12.0. The van der Waals surface area contributed by atoms with Crippen LogP contribution < -0.4 is 10.2 Å². The fourth-order valence-corrected chi connectivity index (χ4v) is 2.21. The number of nitrogens with one attached hydrogen (secondary N) is 1. The third-order valence-corrected chi connectivity index (χ3v) is 3.05. The van der Waals surface area contributed by atoms with Crippen molar-refractivity contribution in [2.24, 2.45) is 0 Å². The van der Waals surface area contributed by atoms with Gasteiger partial charge in [0.2, 0.25) is 11.8 Å². The predicted octanol–water partition coefficient (Wildman–Crippen LogP) is 1.58. The van der Waals surface area contributed by atoms with Gasteiger partial charge in [0.25, 0.3) is 0 Å². The molecule has 1 aromatic rings. The van der Waals surface area contributed by atoms with Crippen LogP contribution in [-0.4, -0.2) is 24.4 Å². The third kappa shape index (κ3) is 2.42. The lowest BCUT2D eigenvalue weighted by Crippen LogP contribution is -2.40. The van der Waals surface area contributed by atoms with Gasteiger partial charge in [-0.2, -0.15) is 0 Å². The van der Waals surface area contributed by atoms with Gasteiger partial charge in [0.05, 0.1) is 10.7 Å². The Kier molecular flexibility index (Phi) is 3.33. The molecule has 1 N–H and O–H groups in total. The smallest absolute Gasteiger partial charge is 0.249 e. The van der Waals surface area contributed by atoms with Crippen molar-refractivity contribution in [1.29, 1.82) is 0 Å². The van der Waals surface area contributed by atoms with Crippen LogP contribution >= 0.6 is 11.6 Å². The Bertz CT molecular complexity index is 462. The van der Waals surface area contributed by atoms with Gasteiger partial charge in [-0.1, -0.05) is 23.7 Å². The number of anilines is 1. The topological polar surface area (TPSA) is 49.4 Å². The zero-order valence-corrected chi connectivity index (χ0v) is 10.2. The molecular weight excluding hydrogens is 240 g/mol. The molecule has 5 heteroatoms. The molecule has 17 heavy (non-hydrogen) atoms. The molecule has 1 aliphatic heterocycles. The van der Waals surface area contributed by atoms with Crippen LogP contribution in [0.2, 0.25) is 5.02 Å². The van der Waals surface area contributed by atoms with E-state index in [-0.39, 0.29) is 11.8 Å². The summed E-state index contributed by atoms with van der Waals surface area (Å²) in [5, 5.41) is 3.18. The summed E-state index contributed by atoms with van der Waals surface area (Å²) in [5.41, 5.74) is 0.701. The van der Waals surface area contributed by atoms with Gasteiger partial charge in [-0.15, -0.1) is 0 Å². The SMILES string of the molecule is CC(=O)NC1CCN(c2ccccc2Cl)C1=O. The van der Waals surface area contributed by atoms with Gasteiger partial charge in [-0.25, -0.2) is 0 Å². The summed E-state index contributed by atoms with van der Waals surface area (Å²) in [4.78, 5) is 24.6. The van der Waals surface area contributed by atoms with Gasteiger partial charge in [-0.05, 0) is 18.6 Å². The van der Waals surface area contributed by atoms with E-state index in [0.29, 0.717) is 23.7 Å². The molecule has 2 amide bonds. The van der Waals surface area contributed by atoms with Crippen molar-refractivity contribution < 1.29 is 9.59 Å². The zero-order valence-electron chi connectivity index (χ0n) is 9.44. The van der Waals surface area contributed by atoms with Crippen molar-refractivity contribution in [3.05, 3.63) is 29.3 Å². The summed E-state index contributed by atoms with van der Waals surface area (Å²) in [6, 6.07) is 6.77. The average molecular weight is 253 g/mol. The van der Waals surface area contributed by atoms with Crippen LogP contribution in [0.4, 0.5) is 5.69 Å². The summed E-state index contributed by atoms with van der Waals surface area (Å²) < 4.78 is 0. The number of amides is 2. The number of nitrogens with zero attached hydrogens (tertiary/aromatic N) is 1. The van der Waals surface area contributed by atoms with Crippen molar-refractivity contribution in [3.63, 3.8) is 0 Å². The van der Waals surface area contributed by atoms with Crippen LogP contribution in [-0.2, 0) is 9.59 Å². The summed E-state index contributed by atoms with van der Waals surface area (Å²) in [5.74, 6) is -0.294. The minimum Gasteiger partial charge on any atom is -0.344 e. The largest absolute Gasteiger partial charge is 0.344 e. The van der Waals surface area contributed by atoms with E-state index in [0.717, 1.165) is 0 Å². The second kappa shape index (κ2) is 4.75. The van der Waals surface area contributed by atoms with E-state index in [2.05, 4.69) is 5.32 Å². The summed E-state index contributed by atoms with van der Waals surface area (Å²) in [7, 11) is 0. The van der Waals surface area contributed by atoms with E-state index < -0.39 is 6.04 Å². The molecule has 90 valence electrons. The van der Waals surface area contributed by atoms with Gasteiger partial charge in [-0.3, -0.25) is 9.59 Å². The van der Waals surface area contributed by atoms with E-state index >= 15 is 0 Å². The Morgan fingerprint density at radius 1 is 1.47 bits per heavy atom. The molecule has 0 aromatic heterocycles. The number of rotatable bonds is 2. The van der Waals surface area contributed by atoms with E-state index in [1.807, 2.05) is 12.1 Å². The number of para-hydroxylation sites is 1. The molecule has 1 atom stereocenters. The van der Waals surface area contributed by atoms with Crippen molar-refractivity contribution in [2.45, 2.75) is 19.4 Å². The van der Waals surface area contributed by atoms with Crippen LogP contribution in [0.1, 0.15) is 13.3 Å². The second-order valence-electron chi connectivity index (χ2n) is 3.98. The first-order valence-electron chi connectivity index (χ1n) is 5.42. The maximum atomic E-state index is 12.0. The number of carbonyl (C=O) groups is 2. The number of carbonyl (C=O) groups excluding carboxylic acids is 2. The average Bonchev–Trinajstić information content (AvgIpc) is 2.61. The molecule has 0 saturated carbocycles. The Hall–Kier alpha value is -1.55. The molecule has 0 aliphatic carbocycles. The first-order valence-corrected chi connectivity index (χ1v) is 5.80. The fourth-order valence-electron chi connectivity index (χ4n) is 1.97. The summed E-state index contributed by atoms with van der Waals surface area (Å²) >= 11 is 6.04. The van der Waals surface area contributed by atoms with E-state index in [1.54, 1.807) is 17.0 Å². The number of benzene rings is 1. The zero-order chi connectivity index (χ0) is 12.4. The van der Waals surface area contributed by atoms with Crippen molar-refractivity contribution in [2.75, 3.05) is 11.4 Å². The predicted molar refractivity (Wildman–Crippen MR) is 66.0 cm³/mol. The van der Waals surface area contributed by atoms with Gasteiger partial charge in [0.1, 0.15) is 6.04 Å². The third-order valence-electron chi connectivity index (χ3n) is 2.73. The quantitative estimate of drug-likeness (QED) is 0.869. The van der Waals surface area contributed by atoms with E-state index in [1.165, 1.54) is 6.92 Å². The molecule has 2 rings (SSSR count). The van der Waals surface area contributed by atoms with E-state index in [9.17, 15) is 9.59 Å². The van der Waals surface area contributed by atoms with Crippen LogP contribution in [0, 0.1) is 0 Å². The number of halogens is 1. The minimum atomic E-state index is -0.427. The lowest BCUT2D eigenvalue weighted by molar-refractivity contribution is -0.125. The Balaban J connectivity index is 2.18. The lowest BCUT2D eigenvalue weighted by atomic mass is 10.2. The summed E-state index contributed by atoms with van der Waals surface area (Å²) in [6.45, 7) is 1.99. The fraction of sp³-hybridized carbons (Fsp3) is 0.333. The van der Waals surface area contributed by atoms with Crippen molar-refractivity contribution in [1.82, 2.24) is 5.32 Å². The Morgan fingerprint density at radius 2 is 2.18 bits per heavy atom. The Labute approximate surface area is 105 Å². The van der Waals surface area contributed by atoms with Crippen LogP contribution in [0.25, 0.3) is 0 Å². The van der Waals surface area contributed by atoms with Crippen molar-refractivity contribution in [3.8, 4) is 0 Å². The lowest BCUT2D eigenvalue weighted by Gasteiger charge is -2.18. The molecule has 1 fully saturated rings. The molecule has 0 radical (unpaired) electrons. The molecule has 1 aliphatic rings. The molecule has 1 aromatic carbocycles. The molecule has 1 unspecified atom stereocenters.